The Kier molecular flexibility index (Phi) is 3.44. The van der Waals surface area contributed by atoms with Crippen LogP contribution in [0, 0.1) is 5.82 Å². The monoisotopic (exact) mass is 224 g/mol. The van der Waals surface area contributed by atoms with E-state index in [9.17, 15) is 9.50 Å². The summed E-state index contributed by atoms with van der Waals surface area (Å²) in [5, 5.41) is 9.88. The zero-order valence-electron chi connectivity index (χ0n) is 9.45. The van der Waals surface area contributed by atoms with Crippen molar-refractivity contribution in [3.8, 4) is 5.75 Å². The van der Waals surface area contributed by atoms with E-state index in [1.807, 2.05) is 0 Å². The topological polar surface area (TPSA) is 29.5 Å². The first-order valence-electron chi connectivity index (χ1n) is 5.74. The lowest BCUT2D eigenvalue weighted by Crippen LogP contribution is -2.23. The van der Waals surface area contributed by atoms with E-state index < -0.39 is 6.10 Å². The molecule has 0 radical (unpaired) electrons. The van der Waals surface area contributed by atoms with Gasteiger partial charge in [-0.05, 0) is 24.5 Å². The smallest absolute Gasteiger partial charge is 0.130 e. The highest BCUT2D eigenvalue weighted by Crippen LogP contribution is 2.35. The number of halogens is 1. The molecule has 0 bridgehead atoms. The van der Waals surface area contributed by atoms with Crippen LogP contribution in [0.5, 0.6) is 5.75 Å². The van der Waals surface area contributed by atoms with Crippen LogP contribution in [0.15, 0.2) is 18.2 Å². The molecular formula is C13H17FO2. The average Bonchev–Trinajstić information content (AvgIpc) is 2.30. The van der Waals surface area contributed by atoms with Gasteiger partial charge in [0.15, 0.2) is 0 Å². The molecule has 0 heterocycles. The quantitative estimate of drug-likeness (QED) is 0.837. The van der Waals surface area contributed by atoms with E-state index in [0.29, 0.717) is 11.3 Å². The fourth-order valence-corrected chi connectivity index (χ4v) is 2.41. The Labute approximate surface area is 95.1 Å². The van der Waals surface area contributed by atoms with Crippen molar-refractivity contribution in [3.05, 3.63) is 29.6 Å². The van der Waals surface area contributed by atoms with Crippen LogP contribution in [0.3, 0.4) is 0 Å². The van der Waals surface area contributed by atoms with Crippen LogP contribution in [0.4, 0.5) is 4.39 Å². The maximum Gasteiger partial charge on any atom is 0.130 e. The number of hydrogen-bond acceptors (Lipinski definition) is 2. The van der Waals surface area contributed by atoms with Crippen molar-refractivity contribution >= 4 is 0 Å². The molecule has 2 nitrogen and oxygen atoms in total. The highest BCUT2D eigenvalue weighted by molar-refractivity contribution is 5.31. The Morgan fingerprint density at radius 3 is 2.69 bits per heavy atom. The summed E-state index contributed by atoms with van der Waals surface area (Å²) in [7, 11) is 1.52. The second kappa shape index (κ2) is 4.83. The second-order valence-corrected chi connectivity index (χ2v) is 4.35. The van der Waals surface area contributed by atoms with Gasteiger partial charge >= 0.3 is 0 Å². The Morgan fingerprint density at radius 1 is 1.31 bits per heavy atom. The Morgan fingerprint density at radius 2 is 2.06 bits per heavy atom. The summed E-state index contributed by atoms with van der Waals surface area (Å²) >= 11 is 0. The summed E-state index contributed by atoms with van der Waals surface area (Å²) in [5.74, 6) is 0.191. The Hall–Kier alpha value is -1.09. The molecule has 0 saturated heterocycles. The molecule has 16 heavy (non-hydrogen) atoms. The van der Waals surface area contributed by atoms with Gasteiger partial charge in [0.1, 0.15) is 11.6 Å². The molecule has 1 saturated carbocycles. The van der Waals surface area contributed by atoms with Crippen molar-refractivity contribution in [1.29, 1.82) is 0 Å². The standard InChI is InChI=1S/C13H17FO2/c1-16-9-6-7-10(12(14)8-9)11-4-2-3-5-13(11)15/h6-8,11,13,15H,2-5H2,1H3. The van der Waals surface area contributed by atoms with Gasteiger partial charge in [-0.1, -0.05) is 18.9 Å². The summed E-state index contributed by atoms with van der Waals surface area (Å²) in [6.07, 6.45) is 3.33. The molecule has 0 aliphatic heterocycles. The van der Waals surface area contributed by atoms with Crippen LogP contribution in [0.25, 0.3) is 0 Å². The third-order valence-electron chi connectivity index (χ3n) is 3.34. The van der Waals surface area contributed by atoms with E-state index in [-0.39, 0.29) is 11.7 Å². The van der Waals surface area contributed by atoms with Crippen molar-refractivity contribution in [3.63, 3.8) is 0 Å². The van der Waals surface area contributed by atoms with E-state index >= 15 is 0 Å². The van der Waals surface area contributed by atoms with Crippen molar-refractivity contribution < 1.29 is 14.2 Å². The van der Waals surface area contributed by atoms with Gasteiger partial charge in [0, 0.05) is 12.0 Å². The molecule has 2 rings (SSSR count). The minimum atomic E-state index is -0.406. The molecule has 2 atom stereocenters. The third-order valence-corrected chi connectivity index (χ3v) is 3.34. The number of benzene rings is 1. The molecule has 1 aliphatic rings. The van der Waals surface area contributed by atoms with E-state index in [0.717, 1.165) is 25.7 Å². The lowest BCUT2D eigenvalue weighted by atomic mass is 9.81. The maximum atomic E-state index is 13.8. The summed E-state index contributed by atoms with van der Waals surface area (Å²) in [4.78, 5) is 0. The van der Waals surface area contributed by atoms with E-state index in [4.69, 9.17) is 4.74 Å². The van der Waals surface area contributed by atoms with Gasteiger partial charge in [0.05, 0.1) is 13.2 Å². The number of aliphatic hydroxyl groups is 1. The molecule has 0 amide bonds. The van der Waals surface area contributed by atoms with E-state index in [2.05, 4.69) is 0 Å². The van der Waals surface area contributed by atoms with Crippen LogP contribution in [-0.4, -0.2) is 18.3 Å². The minimum Gasteiger partial charge on any atom is -0.497 e. The van der Waals surface area contributed by atoms with Gasteiger partial charge in [-0.25, -0.2) is 4.39 Å². The first kappa shape index (κ1) is 11.4. The molecule has 1 fully saturated rings. The molecular weight excluding hydrogens is 207 g/mol. The highest BCUT2D eigenvalue weighted by atomic mass is 19.1. The van der Waals surface area contributed by atoms with Crippen LogP contribution in [0.1, 0.15) is 37.2 Å². The van der Waals surface area contributed by atoms with E-state index in [1.165, 1.54) is 13.2 Å². The Balaban J connectivity index is 2.25. The van der Waals surface area contributed by atoms with Crippen molar-refractivity contribution in [2.75, 3.05) is 7.11 Å². The van der Waals surface area contributed by atoms with Gasteiger partial charge < -0.3 is 9.84 Å². The molecule has 3 heteroatoms. The maximum absolute atomic E-state index is 13.8. The summed E-state index contributed by atoms with van der Waals surface area (Å²) < 4.78 is 18.8. The summed E-state index contributed by atoms with van der Waals surface area (Å²) in [6.45, 7) is 0. The molecule has 2 unspecified atom stereocenters. The summed E-state index contributed by atoms with van der Waals surface area (Å²) in [5.41, 5.74) is 0.619. The number of rotatable bonds is 2. The highest BCUT2D eigenvalue weighted by Gasteiger charge is 2.26. The lowest BCUT2D eigenvalue weighted by Gasteiger charge is -2.28. The molecule has 1 aliphatic carbocycles. The lowest BCUT2D eigenvalue weighted by molar-refractivity contribution is 0.104. The number of hydrogen-bond donors (Lipinski definition) is 1. The molecule has 1 aromatic rings. The van der Waals surface area contributed by atoms with Gasteiger partial charge in [0.2, 0.25) is 0 Å². The van der Waals surface area contributed by atoms with E-state index in [1.54, 1.807) is 12.1 Å². The normalized spacial score (nSPS) is 25.4. The van der Waals surface area contributed by atoms with Gasteiger partial charge in [-0.15, -0.1) is 0 Å². The van der Waals surface area contributed by atoms with Crippen molar-refractivity contribution in [1.82, 2.24) is 0 Å². The first-order valence-corrected chi connectivity index (χ1v) is 5.74. The minimum absolute atomic E-state index is 0.0559. The fraction of sp³-hybridized carbons (Fsp3) is 0.538. The second-order valence-electron chi connectivity index (χ2n) is 4.35. The average molecular weight is 224 g/mol. The Bertz CT molecular complexity index is 365. The molecule has 0 aromatic heterocycles. The zero-order valence-corrected chi connectivity index (χ0v) is 9.45. The van der Waals surface area contributed by atoms with Crippen LogP contribution in [-0.2, 0) is 0 Å². The predicted molar refractivity (Wildman–Crippen MR) is 60.2 cm³/mol. The fourth-order valence-electron chi connectivity index (χ4n) is 2.41. The number of methoxy groups -OCH3 is 1. The van der Waals surface area contributed by atoms with Crippen molar-refractivity contribution in [2.45, 2.75) is 37.7 Å². The third kappa shape index (κ3) is 2.19. The number of aliphatic hydroxyl groups excluding tert-OH is 1. The SMILES string of the molecule is COc1ccc(C2CCCCC2O)c(F)c1. The molecule has 1 aromatic carbocycles. The first-order chi connectivity index (χ1) is 7.72. The largest absolute Gasteiger partial charge is 0.497 e. The molecule has 1 N–H and O–H groups in total. The van der Waals surface area contributed by atoms with Crippen LogP contribution >= 0.6 is 0 Å². The van der Waals surface area contributed by atoms with Gasteiger partial charge in [-0.3, -0.25) is 0 Å². The number of ether oxygens (including phenoxy) is 1. The van der Waals surface area contributed by atoms with Gasteiger partial charge in [-0.2, -0.15) is 0 Å². The predicted octanol–water partition coefficient (Wildman–Crippen LogP) is 2.85. The van der Waals surface area contributed by atoms with Gasteiger partial charge in [0.25, 0.3) is 0 Å². The van der Waals surface area contributed by atoms with Crippen LogP contribution in [0.2, 0.25) is 0 Å². The molecule has 88 valence electrons. The summed E-state index contributed by atoms with van der Waals surface area (Å²) in [6, 6.07) is 4.86. The van der Waals surface area contributed by atoms with Crippen molar-refractivity contribution in [2.24, 2.45) is 0 Å². The van der Waals surface area contributed by atoms with Crippen LogP contribution < -0.4 is 4.74 Å². The molecule has 0 spiro atoms. The zero-order chi connectivity index (χ0) is 11.5.